The molecule has 11 heteroatoms. The van der Waals surface area contributed by atoms with E-state index in [2.05, 4.69) is 20.1 Å². The van der Waals surface area contributed by atoms with Gasteiger partial charge < -0.3 is 33.9 Å². The molecule has 0 amide bonds. The highest BCUT2D eigenvalue weighted by Crippen LogP contribution is 2.39. The number of carbonyl (C=O) groups is 2. The van der Waals surface area contributed by atoms with Gasteiger partial charge in [-0.1, -0.05) is 65.0 Å². The fraction of sp³-hybridized carbons (Fsp3) is 0.526. The molecule has 1 unspecified atom stereocenters. The van der Waals surface area contributed by atoms with Gasteiger partial charge in [0.1, 0.15) is 30.3 Å². The Kier molecular flexibility index (Phi) is 17.8. The molecular formula is C38H52F2O9. The van der Waals surface area contributed by atoms with E-state index in [0.29, 0.717) is 17.5 Å². The largest absolute Gasteiger partial charge is 0.496 e. The van der Waals surface area contributed by atoms with Gasteiger partial charge >= 0.3 is 11.9 Å². The summed E-state index contributed by atoms with van der Waals surface area (Å²) < 4.78 is 57.7. The van der Waals surface area contributed by atoms with Crippen molar-refractivity contribution in [3.63, 3.8) is 0 Å². The van der Waals surface area contributed by atoms with E-state index in [-0.39, 0.29) is 60.9 Å². The highest BCUT2D eigenvalue weighted by Gasteiger charge is 2.28. The van der Waals surface area contributed by atoms with Gasteiger partial charge in [-0.15, -0.1) is 0 Å². The molecule has 49 heavy (non-hydrogen) atoms. The summed E-state index contributed by atoms with van der Waals surface area (Å²) in [4.78, 5) is 23.9. The van der Waals surface area contributed by atoms with Crippen molar-refractivity contribution < 1.29 is 52.3 Å². The molecule has 0 aliphatic heterocycles. The SMILES string of the molecule is C=C(C)C(=O)OCc1cc(-c2cc(F)c(OCCCCCCCCCC)c(F)c2)c(OC)cc1OCCCC(O)(CO)COC(=O)C(=C)C. The second kappa shape index (κ2) is 21.2. The molecule has 2 aromatic rings. The van der Waals surface area contributed by atoms with Crippen molar-refractivity contribution in [3.05, 3.63) is 65.8 Å². The van der Waals surface area contributed by atoms with Gasteiger partial charge in [0.15, 0.2) is 17.4 Å². The van der Waals surface area contributed by atoms with Crippen LogP contribution in [0.5, 0.6) is 17.2 Å². The summed E-state index contributed by atoms with van der Waals surface area (Å²) in [5, 5.41) is 20.3. The number of esters is 2. The summed E-state index contributed by atoms with van der Waals surface area (Å²) in [5.74, 6) is -3.02. The Labute approximate surface area is 288 Å². The summed E-state index contributed by atoms with van der Waals surface area (Å²) in [5.41, 5.74) is -0.508. The fourth-order valence-electron chi connectivity index (χ4n) is 4.88. The third-order valence-corrected chi connectivity index (χ3v) is 7.80. The zero-order valence-electron chi connectivity index (χ0n) is 29.3. The Morgan fingerprint density at radius 3 is 1.94 bits per heavy atom. The second-order valence-corrected chi connectivity index (χ2v) is 12.3. The van der Waals surface area contributed by atoms with Gasteiger partial charge in [0.05, 0.1) is 26.9 Å². The number of halogens is 2. The monoisotopic (exact) mass is 690 g/mol. The molecule has 0 aromatic heterocycles. The summed E-state index contributed by atoms with van der Waals surface area (Å²) in [6.45, 7) is 11.1. The van der Waals surface area contributed by atoms with Crippen LogP contribution in [0.25, 0.3) is 11.1 Å². The Morgan fingerprint density at radius 1 is 0.796 bits per heavy atom. The first-order valence-electron chi connectivity index (χ1n) is 16.8. The topological polar surface area (TPSA) is 121 Å². The Morgan fingerprint density at radius 2 is 1.37 bits per heavy atom. The summed E-state index contributed by atoms with van der Waals surface area (Å²) in [6.07, 6.45) is 8.91. The lowest BCUT2D eigenvalue weighted by Crippen LogP contribution is -2.39. The van der Waals surface area contributed by atoms with Crippen LogP contribution in [0.4, 0.5) is 8.78 Å². The quantitative estimate of drug-likeness (QED) is 0.0646. The molecule has 0 radical (unpaired) electrons. The zero-order valence-corrected chi connectivity index (χ0v) is 29.3. The van der Waals surface area contributed by atoms with Crippen LogP contribution in [0.15, 0.2) is 48.6 Å². The molecule has 9 nitrogen and oxygen atoms in total. The number of rotatable bonds is 24. The van der Waals surface area contributed by atoms with Crippen molar-refractivity contribution in [2.24, 2.45) is 0 Å². The van der Waals surface area contributed by atoms with Gasteiger partial charge in [-0.25, -0.2) is 18.4 Å². The predicted octanol–water partition coefficient (Wildman–Crippen LogP) is 7.78. The van der Waals surface area contributed by atoms with Crippen LogP contribution in [0.3, 0.4) is 0 Å². The van der Waals surface area contributed by atoms with Crippen LogP contribution in [0.2, 0.25) is 0 Å². The lowest BCUT2D eigenvalue weighted by atomic mass is 9.99. The van der Waals surface area contributed by atoms with Crippen LogP contribution in [0.1, 0.15) is 90.5 Å². The molecule has 0 bridgehead atoms. The van der Waals surface area contributed by atoms with Crippen molar-refractivity contribution in [3.8, 4) is 28.4 Å². The number of unbranched alkanes of at least 4 members (excludes halogenated alkanes) is 7. The minimum Gasteiger partial charge on any atom is -0.496 e. The van der Waals surface area contributed by atoms with E-state index in [0.717, 1.165) is 31.4 Å². The molecule has 0 fully saturated rings. The van der Waals surface area contributed by atoms with Gasteiger partial charge in [0.2, 0.25) is 0 Å². The van der Waals surface area contributed by atoms with Crippen LogP contribution < -0.4 is 14.2 Å². The molecule has 0 aliphatic rings. The minimum absolute atomic E-state index is 0.0220. The average molecular weight is 691 g/mol. The molecule has 1 atom stereocenters. The minimum atomic E-state index is -1.70. The van der Waals surface area contributed by atoms with Gasteiger partial charge in [-0.2, -0.15) is 0 Å². The maximum atomic E-state index is 15.2. The van der Waals surface area contributed by atoms with Crippen LogP contribution in [-0.2, 0) is 25.7 Å². The van der Waals surface area contributed by atoms with Crippen molar-refractivity contribution in [1.82, 2.24) is 0 Å². The van der Waals surface area contributed by atoms with E-state index >= 15 is 8.78 Å². The maximum Gasteiger partial charge on any atom is 0.333 e. The number of hydrogen-bond donors (Lipinski definition) is 2. The van der Waals surface area contributed by atoms with Crippen LogP contribution in [-0.4, -0.2) is 61.3 Å². The Bertz CT molecular complexity index is 1380. The molecule has 2 aromatic carbocycles. The molecule has 2 N–H and O–H groups in total. The first-order chi connectivity index (χ1) is 23.3. The molecule has 0 spiro atoms. The Hall–Kier alpha value is -3.96. The third kappa shape index (κ3) is 13.8. The van der Waals surface area contributed by atoms with E-state index in [1.54, 1.807) is 6.07 Å². The summed E-state index contributed by atoms with van der Waals surface area (Å²) in [7, 11) is 1.39. The molecule has 0 aliphatic carbocycles. The number of methoxy groups -OCH3 is 1. The highest BCUT2D eigenvalue weighted by atomic mass is 19.1. The van der Waals surface area contributed by atoms with E-state index < -0.39 is 48.1 Å². The number of ether oxygens (including phenoxy) is 5. The first-order valence-corrected chi connectivity index (χ1v) is 16.8. The van der Waals surface area contributed by atoms with Crippen molar-refractivity contribution in [2.75, 3.05) is 33.5 Å². The Balaban J connectivity index is 2.20. The van der Waals surface area contributed by atoms with Crippen molar-refractivity contribution >= 4 is 11.9 Å². The van der Waals surface area contributed by atoms with Gasteiger partial charge in [0, 0.05) is 28.3 Å². The fourth-order valence-corrected chi connectivity index (χ4v) is 4.88. The number of benzene rings is 2. The maximum absolute atomic E-state index is 15.2. The number of aliphatic hydroxyl groups excluding tert-OH is 1. The van der Waals surface area contributed by atoms with Gasteiger partial charge in [-0.05, 0) is 56.9 Å². The molecular weight excluding hydrogens is 638 g/mol. The number of carbonyl (C=O) groups excluding carboxylic acids is 2. The normalized spacial score (nSPS) is 12.2. The van der Waals surface area contributed by atoms with E-state index in [9.17, 15) is 19.8 Å². The molecule has 2 rings (SSSR count). The summed E-state index contributed by atoms with van der Waals surface area (Å²) in [6, 6.07) is 5.38. The average Bonchev–Trinajstić information content (AvgIpc) is 3.07. The predicted molar refractivity (Wildman–Crippen MR) is 184 cm³/mol. The lowest BCUT2D eigenvalue weighted by molar-refractivity contribution is -0.150. The standard InChI is InChI=1S/C38H52F2O9/c1-7-8-9-10-11-12-13-14-17-47-35-31(39)20-28(21-32(35)40)30-19-29(23-48-36(42)26(2)3)33(22-34(30)45-6)46-18-15-16-38(44,24-41)25-49-37(43)27(4)5/h19-22,41,44H,2,4,7-18,23-25H2,1,3,5-6H3. The first kappa shape index (κ1) is 41.2. The van der Waals surface area contributed by atoms with E-state index in [1.807, 2.05) is 0 Å². The third-order valence-electron chi connectivity index (χ3n) is 7.80. The van der Waals surface area contributed by atoms with Crippen LogP contribution >= 0.6 is 0 Å². The zero-order chi connectivity index (χ0) is 36.4. The lowest BCUT2D eigenvalue weighted by Gasteiger charge is -2.25. The van der Waals surface area contributed by atoms with E-state index in [4.69, 9.17) is 23.7 Å². The molecule has 0 saturated carbocycles. The van der Waals surface area contributed by atoms with Crippen molar-refractivity contribution in [2.45, 2.75) is 97.2 Å². The van der Waals surface area contributed by atoms with Crippen molar-refractivity contribution in [1.29, 1.82) is 0 Å². The number of aliphatic hydroxyl groups is 2. The smallest absolute Gasteiger partial charge is 0.333 e. The molecule has 272 valence electrons. The number of hydrogen-bond acceptors (Lipinski definition) is 9. The highest BCUT2D eigenvalue weighted by molar-refractivity contribution is 5.87. The summed E-state index contributed by atoms with van der Waals surface area (Å²) >= 11 is 0. The van der Waals surface area contributed by atoms with Gasteiger partial charge in [-0.3, -0.25) is 0 Å². The van der Waals surface area contributed by atoms with E-state index in [1.165, 1.54) is 52.7 Å². The second-order valence-electron chi connectivity index (χ2n) is 12.3. The van der Waals surface area contributed by atoms with Crippen LogP contribution in [0, 0.1) is 11.6 Å². The molecule has 0 saturated heterocycles. The van der Waals surface area contributed by atoms with Gasteiger partial charge in [0.25, 0.3) is 0 Å². The molecule has 0 heterocycles.